The van der Waals surface area contributed by atoms with Gasteiger partial charge in [0.25, 0.3) is 0 Å². The van der Waals surface area contributed by atoms with Crippen molar-refractivity contribution in [3.05, 3.63) is 48.5 Å². The minimum atomic E-state index is 0. The quantitative estimate of drug-likeness (QED) is 0.617. The fourth-order valence-electron chi connectivity index (χ4n) is 1.90. The summed E-state index contributed by atoms with van der Waals surface area (Å²) in [6, 6.07) is 15.3. The van der Waals surface area contributed by atoms with E-state index in [0.717, 1.165) is 22.9 Å². The molecule has 0 bridgehead atoms. The predicted octanol–water partition coefficient (Wildman–Crippen LogP) is 4.14. The number of anilines is 2. The molecule has 120 valence electrons. The summed E-state index contributed by atoms with van der Waals surface area (Å²) in [7, 11) is 0. The van der Waals surface area contributed by atoms with Crippen LogP contribution in [0.15, 0.2) is 48.5 Å². The first-order chi connectivity index (χ1) is 10.7. The van der Waals surface area contributed by atoms with Crippen molar-refractivity contribution < 1.29 is 12.3 Å². The van der Waals surface area contributed by atoms with E-state index in [-0.39, 0.29) is 13.0 Å². The van der Waals surface area contributed by atoms with E-state index in [2.05, 4.69) is 10.6 Å². The van der Waals surface area contributed by atoms with Gasteiger partial charge in [-0.25, -0.2) is 0 Å². The number of nitrogens with one attached hydrogen (secondary N) is 2. The summed E-state index contributed by atoms with van der Waals surface area (Å²) < 4.78 is 10.8. The molecule has 4 nitrogen and oxygen atoms in total. The first kappa shape index (κ1) is 18.9. The number of hydrogen-bond donors (Lipinski definition) is 2. The van der Waals surface area contributed by atoms with Gasteiger partial charge in [0.05, 0.1) is 13.2 Å². The minimum Gasteiger partial charge on any atom is -1.00 e. The van der Waals surface area contributed by atoms with Crippen LogP contribution in [0.25, 0.3) is 0 Å². The first-order valence-corrected chi connectivity index (χ1v) is 7.65. The molecule has 0 unspecified atom stereocenters. The van der Waals surface area contributed by atoms with E-state index in [1.165, 1.54) is 0 Å². The maximum absolute atomic E-state index is 5.40. The van der Waals surface area contributed by atoms with Crippen LogP contribution < -0.4 is 20.1 Å². The third-order valence-corrected chi connectivity index (χ3v) is 3.05. The van der Waals surface area contributed by atoms with Crippen LogP contribution in [0.4, 0.5) is 11.4 Å². The Hall–Kier alpha value is -2.10. The van der Waals surface area contributed by atoms with Crippen molar-refractivity contribution in [1.29, 1.82) is 0 Å². The van der Waals surface area contributed by atoms with Crippen LogP contribution in [0.1, 0.15) is 16.7 Å². The first-order valence-electron chi connectivity index (χ1n) is 7.25. The molecule has 2 aromatic carbocycles. The predicted molar refractivity (Wildman–Crippen MR) is 103 cm³/mol. The summed E-state index contributed by atoms with van der Waals surface area (Å²) in [6.07, 6.45) is 0. The van der Waals surface area contributed by atoms with E-state index >= 15 is 0 Å². The fraction of sp³-hybridized carbons (Fsp3) is 0.235. The molecule has 0 saturated heterocycles. The molecule has 2 rings (SSSR count). The van der Waals surface area contributed by atoms with Crippen molar-refractivity contribution in [2.24, 2.45) is 0 Å². The van der Waals surface area contributed by atoms with Gasteiger partial charge in [-0.2, -0.15) is 0 Å². The second-order valence-corrected chi connectivity index (χ2v) is 4.90. The zero-order chi connectivity index (χ0) is 15.8. The average molecular weight is 327 g/mol. The Bertz CT molecular complexity index is 560. The zero-order valence-corrected chi connectivity index (χ0v) is 14.3. The van der Waals surface area contributed by atoms with Gasteiger partial charge in [0.15, 0.2) is 5.11 Å². The van der Waals surface area contributed by atoms with Crippen molar-refractivity contribution in [3.63, 3.8) is 0 Å². The Morgan fingerprint density at radius 3 is 1.48 bits per heavy atom. The van der Waals surface area contributed by atoms with Crippen LogP contribution in [0.2, 0.25) is 0 Å². The van der Waals surface area contributed by atoms with E-state index in [1.54, 1.807) is 0 Å². The van der Waals surface area contributed by atoms with Crippen molar-refractivity contribution >= 4 is 38.8 Å². The van der Waals surface area contributed by atoms with E-state index < -0.39 is 0 Å². The third-order valence-electron chi connectivity index (χ3n) is 2.85. The molecule has 2 N–H and O–H groups in total. The Labute approximate surface area is 149 Å². The topological polar surface area (TPSA) is 42.5 Å². The summed E-state index contributed by atoms with van der Waals surface area (Å²) >= 11 is 5.30. The van der Waals surface area contributed by atoms with Gasteiger partial charge < -0.3 is 23.0 Å². The molecular formula is C17H22BeN2O2S. The van der Waals surface area contributed by atoms with Crippen molar-refractivity contribution in [2.75, 3.05) is 23.8 Å². The van der Waals surface area contributed by atoms with Gasteiger partial charge in [0.2, 0.25) is 0 Å². The second kappa shape index (κ2) is 9.82. The Kier molecular flexibility index (Phi) is 8.09. The molecule has 2 aromatic rings. The monoisotopic (exact) mass is 327 g/mol. The summed E-state index contributed by atoms with van der Waals surface area (Å²) in [5.74, 6) is 1.69. The van der Waals surface area contributed by atoms with Crippen LogP contribution in [0.5, 0.6) is 11.5 Å². The van der Waals surface area contributed by atoms with Crippen molar-refractivity contribution in [3.8, 4) is 11.5 Å². The molecule has 0 heterocycles. The van der Waals surface area contributed by atoms with Gasteiger partial charge >= 0.3 is 10.1 Å². The van der Waals surface area contributed by atoms with Crippen LogP contribution in [0, 0.1) is 0 Å². The fourth-order valence-corrected chi connectivity index (χ4v) is 2.13. The minimum absolute atomic E-state index is 0. The van der Waals surface area contributed by atoms with Gasteiger partial charge in [0, 0.05) is 11.4 Å². The molecule has 0 fully saturated rings. The smallest absolute Gasteiger partial charge is 1.00 e. The van der Waals surface area contributed by atoms with E-state index in [1.807, 2.05) is 62.4 Å². The van der Waals surface area contributed by atoms with Gasteiger partial charge in [-0.1, -0.05) is 0 Å². The van der Waals surface area contributed by atoms with E-state index in [0.29, 0.717) is 18.3 Å². The zero-order valence-electron chi connectivity index (χ0n) is 15.5. The summed E-state index contributed by atoms with van der Waals surface area (Å²) in [5, 5.41) is 6.80. The average Bonchev–Trinajstić information content (AvgIpc) is 2.52. The second-order valence-electron chi connectivity index (χ2n) is 4.49. The summed E-state index contributed by atoms with van der Waals surface area (Å²) in [4.78, 5) is 0. The van der Waals surface area contributed by atoms with Crippen LogP contribution in [-0.2, 0) is 0 Å². The number of ether oxygens (including phenoxy) is 2. The molecular weight excluding hydrogens is 305 g/mol. The Morgan fingerprint density at radius 1 is 0.826 bits per heavy atom. The number of benzene rings is 2. The van der Waals surface area contributed by atoms with Crippen molar-refractivity contribution in [1.82, 2.24) is 0 Å². The molecule has 0 aliphatic rings. The molecule has 0 saturated carbocycles. The van der Waals surface area contributed by atoms with Crippen molar-refractivity contribution in [2.45, 2.75) is 13.8 Å². The third kappa shape index (κ3) is 6.27. The molecule has 0 amide bonds. The maximum Gasteiger partial charge on any atom is 2.00 e. The molecule has 0 aromatic heterocycles. The molecule has 6 heteroatoms. The number of thiocarbonyl (C=S) groups is 1. The van der Waals surface area contributed by atoms with Crippen LogP contribution in [-0.4, -0.2) is 28.4 Å². The summed E-state index contributed by atoms with van der Waals surface area (Å²) in [6.45, 7) is 5.24. The Morgan fingerprint density at radius 2 is 1.17 bits per heavy atom. The maximum atomic E-state index is 5.40. The molecule has 23 heavy (non-hydrogen) atoms. The van der Waals surface area contributed by atoms with Gasteiger partial charge in [-0.05, 0) is 74.6 Å². The van der Waals surface area contributed by atoms with Gasteiger partial charge in [0.1, 0.15) is 11.5 Å². The molecule has 0 spiro atoms. The van der Waals surface area contributed by atoms with Gasteiger partial charge in [-0.15, -0.1) is 0 Å². The largest absolute Gasteiger partial charge is 2.00 e. The molecule has 0 aliphatic carbocycles. The van der Waals surface area contributed by atoms with E-state index in [4.69, 9.17) is 21.7 Å². The molecule has 0 aliphatic heterocycles. The summed E-state index contributed by atoms with van der Waals surface area (Å²) in [5.41, 5.74) is 1.82. The number of rotatable bonds is 6. The molecule has 0 atom stereocenters. The van der Waals surface area contributed by atoms with Crippen LogP contribution >= 0.6 is 12.2 Å². The normalized spacial score (nSPS) is 9.48. The Balaban J connectivity index is 0. The SMILES string of the molecule is CCOc1ccc(NC(=S)Nc2ccc(OCC)cc2)cc1.[Be+2].[H-].[H-]. The number of hydrogen-bond acceptors (Lipinski definition) is 3. The van der Waals surface area contributed by atoms with Gasteiger partial charge in [-0.3, -0.25) is 0 Å². The van der Waals surface area contributed by atoms with E-state index in [9.17, 15) is 0 Å². The van der Waals surface area contributed by atoms with Crippen LogP contribution in [0.3, 0.4) is 0 Å². The standard InChI is InChI=1S/C17H20N2O2S.Be.2H/c1-3-20-15-9-5-13(6-10-15)18-17(22)19-14-7-11-16(12-8-14)21-4-2;;;/h5-12H,3-4H2,1-2H3,(H2,18,19,22);;;/q;+2;2*-1. The molecule has 0 radical (unpaired) electrons.